The van der Waals surface area contributed by atoms with Gasteiger partial charge in [-0.05, 0) is 35.7 Å². The molecule has 1 aliphatic heterocycles. The van der Waals surface area contributed by atoms with Crippen molar-refractivity contribution in [1.82, 2.24) is 4.90 Å². The second-order valence-corrected chi connectivity index (χ2v) is 6.86. The zero-order chi connectivity index (χ0) is 18.5. The average Bonchev–Trinajstić information content (AvgIpc) is 2.66. The van der Waals surface area contributed by atoms with Gasteiger partial charge in [-0.15, -0.1) is 0 Å². The molecule has 5 heteroatoms. The van der Waals surface area contributed by atoms with Crippen molar-refractivity contribution in [3.05, 3.63) is 59.7 Å². The van der Waals surface area contributed by atoms with Crippen molar-refractivity contribution < 1.29 is 14.3 Å². The summed E-state index contributed by atoms with van der Waals surface area (Å²) in [5.74, 6) is 1.28. The highest BCUT2D eigenvalue weighted by molar-refractivity contribution is 6.01. The summed E-state index contributed by atoms with van der Waals surface area (Å²) in [6, 6.07) is 15.5. The van der Waals surface area contributed by atoms with E-state index in [-0.39, 0.29) is 12.1 Å². The molecule has 3 rings (SSSR count). The standard InChI is InChI=1S/C21H26N2O3/c1-15(2)14-26-17-8-6-7-16(13-17)20-22-19-10-5-4-9-18(19)21(24)23(20)11-12-25-3/h4-10,13,15,20,22H,11-12,14H2,1-3H3. The molecule has 1 N–H and O–H groups in total. The number of carbonyl (C=O) groups excluding carboxylic acids is 1. The zero-order valence-corrected chi connectivity index (χ0v) is 15.6. The highest BCUT2D eigenvalue weighted by Crippen LogP contribution is 2.33. The Morgan fingerprint density at radius 2 is 1.96 bits per heavy atom. The lowest BCUT2D eigenvalue weighted by molar-refractivity contribution is 0.0609. The topological polar surface area (TPSA) is 50.8 Å². The van der Waals surface area contributed by atoms with E-state index in [2.05, 4.69) is 19.2 Å². The summed E-state index contributed by atoms with van der Waals surface area (Å²) in [5.41, 5.74) is 2.53. The summed E-state index contributed by atoms with van der Waals surface area (Å²) >= 11 is 0. The van der Waals surface area contributed by atoms with Crippen LogP contribution in [0.25, 0.3) is 0 Å². The number of nitrogens with one attached hydrogen (secondary N) is 1. The van der Waals surface area contributed by atoms with E-state index < -0.39 is 0 Å². The van der Waals surface area contributed by atoms with Gasteiger partial charge in [-0.1, -0.05) is 38.1 Å². The van der Waals surface area contributed by atoms with Gasteiger partial charge in [0.15, 0.2) is 0 Å². The van der Waals surface area contributed by atoms with Gasteiger partial charge in [0.2, 0.25) is 0 Å². The van der Waals surface area contributed by atoms with Crippen LogP contribution in [0.15, 0.2) is 48.5 Å². The number of para-hydroxylation sites is 1. The molecular weight excluding hydrogens is 328 g/mol. The Kier molecular flexibility index (Phi) is 5.78. The maximum Gasteiger partial charge on any atom is 0.257 e. The predicted octanol–water partition coefficient (Wildman–Crippen LogP) is 3.93. The molecule has 0 aliphatic carbocycles. The van der Waals surface area contributed by atoms with Crippen LogP contribution in [-0.4, -0.2) is 37.7 Å². The number of rotatable bonds is 7. The molecular formula is C21H26N2O3. The average molecular weight is 354 g/mol. The molecule has 1 atom stereocenters. The summed E-state index contributed by atoms with van der Waals surface area (Å²) < 4.78 is 11.1. The maximum absolute atomic E-state index is 13.0. The molecule has 0 radical (unpaired) electrons. The second-order valence-electron chi connectivity index (χ2n) is 6.86. The first kappa shape index (κ1) is 18.3. The van der Waals surface area contributed by atoms with Crippen LogP contribution in [0.2, 0.25) is 0 Å². The molecule has 0 spiro atoms. The minimum atomic E-state index is -0.254. The number of anilines is 1. The molecule has 1 unspecified atom stereocenters. The molecule has 5 nitrogen and oxygen atoms in total. The highest BCUT2D eigenvalue weighted by atomic mass is 16.5. The van der Waals surface area contributed by atoms with Gasteiger partial charge in [-0.25, -0.2) is 0 Å². The maximum atomic E-state index is 13.0. The Bertz CT molecular complexity index is 760. The molecule has 0 bridgehead atoms. The first-order chi connectivity index (χ1) is 12.6. The Morgan fingerprint density at radius 1 is 1.15 bits per heavy atom. The van der Waals surface area contributed by atoms with Crippen molar-refractivity contribution in [2.75, 3.05) is 32.2 Å². The van der Waals surface area contributed by atoms with Crippen LogP contribution in [0.1, 0.15) is 35.9 Å². The van der Waals surface area contributed by atoms with E-state index in [9.17, 15) is 4.79 Å². The number of hydrogen-bond donors (Lipinski definition) is 1. The summed E-state index contributed by atoms with van der Waals surface area (Å²) in [7, 11) is 1.64. The molecule has 0 saturated heterocycles. The smallest absolute Gasteiger partial charge is 0.257 e. The summed E-state index contributed by atoms with van der Waals surface area (Å²) in [6.07, 6.45) is -0.254. The number of nitrogens with zero attached hydrogens (tertiary/aromatic N) is 1. The van der Waals surface area contributed by atoms with Crippen molar-refractivity contribution >= 4 is 11.6 Å². The van der Waals surface area contributed by atoms with Crippen LogP contribution in [0.4, 0.5) is 5.69 Å². The first-order valence-electron chi connectivity index (χ1n) is 8.98. The van der Waals surface area contributed by atoms with Crippen LogP contribution in [0.3, 0.4) is 0 Å². The molecule has 2 aromatic rings. The van der Waals surface area contributed by atoms with E-state index in [0.29, 0.717) is 31.2 Å². The zero-order valence-electron chi connectivity index (χ0n) is 15.6. The lowest BCUT2D eigenvalue weighted by Crippen LogP contribution is -2.44. The Morgan fingerprint density at radius 3 is 2.73 bits per heavy atom. The first-order valence-corrected chi connectivity index (χ1v) is 8.98. The van der Waals surface area contributed by atoms with Crippen LogP contribution in [-0.2, 0) is 4.74 Å². The largest absolute Gasteiger partial charge is 0.493 e. The second kappa shape index (κ2) is 8.23. The third-order valence-corrected chi connectivity index (χ3v) is 4.32. The normalized spacial score (nSPS) is 16.4. The molecule has 0 aromatic heterocycles. The monoisotopic (exact) mass is 354 g/mol. The molecule has 1 heterocycles. The van der Waals surface area contributed by atoms with Gasteiger partial charge in [0.05, 0.1) is 18.8 Å². The molecule has 26 heavy (non-hydrogen) atoms. The number of ether oxygens (including phenoxy) is 2. The summed E-state index contributed by atoms with van der Waals surface area (Å²) in [6.45, 7) is 5.90. The van der Waals surface area contributed by atoms with Gasteiger partial charge in [-0.2, -0.15) is 0 Å². The number of amides is 1. The minimum Gasteiger partial charge on any atom is -0.493 e. The van der Waals surface area contributed by atoms with E-state index in [1.165, 1.54) is 0 Å². The Balaban J connectivity index is 1.91. The highest BCUT2D eigenvalue weighted by Gasteiger charge is 2.32. The van der Waals surface area contributed by atoms with Crippen molar-refractivity contribution in [3.63, 3.8) is 0 Å². The predicted molar refractivity (Wildman–Crippen MR) is 102 cm³/mol. The molecule has 2 aromatic carbocycles. The fourth-order valence-electron chi connectivity index (χ4n) is 3.01. The lowest BCUT2D eigenvalue weighted by atomic mass is 10.0. The van der Waals surface area contributed by atoms with Gasteiger partial charge >= 0.3 is 0 Å². The van der Waals surface area contributed by atoms with Crippen molar-refractivity contribution in [1.29, 1.82) is 0 Å². The lowest BCUT2D eigenvalue weighted by Gasteiger charge is -2.38. The van der Waals surface area contributed by atoms with E-state index in [0.717, 1.165) is 17.0 Å². The molecule has 1 aliphatic rings. The minimum absolute atomic E-state index is 0.00917. The SMILES string of the molecule is COCCN1C(=O)c2ccccc2NC1c1cccc(OCC(C)C)c1. The Hall–Kier alpha value is -2.53. The van der Waals surface area contributed by atoms with Crippen molar-refractivity contribution in [2.24, 2.45) is 5.92 Å². The third-order valence-electron chi connectivity index (χ3n) is 4.32. The van der Waals surface area contributed by atoms with Crippen LogP contribution in [0.5, 0.6) is 5.75 Å². The van der Waals surface area contributed by atoms with Crippen LogP contribution >= 0.6 is 0 Å². The van der Waals surface area contributed by atoms with Gasteiger partial charge in [-0.3, -0.25) is 4.79 Å². The third kappa shape index (κ3) is 3.99. The van der Waals surface area contributed by atoms with E-state index in [1.807, 2.05) is 53.4 Å². The van der Waals surface area contributed by atoms with E-state index in [1.54, 1.807) is 7.11 Å². The van der Waals surface area contributed by atoms with E-state index in [4.69, 9.17) is 9.47 Å². The summed E-state index contributed by atoms with van der Waals surface area (Å²) in [4.78, 5) is 14.8. The van der Waals surface area contributed by atoms with Crippen molar-refractivity contribution in [3.8, 4) is 5.75 Å². The molecule has 0 fully saturated rings. The van der Waals surface area contributed by atoms with Crippen LogP contribution in [0, 0.1) is 5.92 Å². The number of hydrogen-bond acceptors (Lipinski definition) is 4. The number of methoxy groups -OCH3 is 1. The molecule has 1 amide bonds. The molecule has 0 saturated carbocycles. The van der Waals surface area contributed by atoms with Crippen LogP contribution < -0.4 is 10.1 Å². The number of carbonyl (C=O) groups is 1. The van der Waals surface area contributed by atoms with E-state index >= 15 is 0 Å². The Labute approximate surface area is 154 Å². The van der Waals surface area contributed by atoms with Gasteiger partial charge in [0, 0.05) is 19.3 Å². The summed E-state index contributed by atoms with van der Waals surface area (Å²) in [5, 5.41) is 3.49. The molecule has 138 valence electrons. The number of benzene rings is 2. The fourth-order valence-corrected chi connectivity index (χ4v) is 3.01. The number of fused-ring (bicyclic) bond motifs is 1. The van der Waals surface area contributed by atoms with Crippen molar-refractivity contribution in [2.45, 2.75) is 20.0 Å². The fraction of sp³-hybridized carbons (Fsp3) is 0.381. The van der Waals surface area contributed by atoms with Gasteiger partial charge in [0.1, 0.15) is 11.9 Å². The van der Waals surface area contributed by atoms with Gasteiger partial charge < -0.3 is 19.7 Å². The quantitative estimate of drug-likeness (QED) is 0.818. The van der Waals surface area contributed by atoms with Gasteiger partial charge in [0.25, 0.3) is 5.91 Å².